The van der Waals surface area contributed by atoms with Crippen molar-refractivity contribution in [3.8, 4) is 5.75 Å². The molecule has 0 fully saturated rings. The maximum atomic E-state index is 12.2. The predicted molar refractivity (Wildman–Crippen MR) is 166 cm³/mol. The molecule has 0 saturated heterocycles. The van der Waals surface area contributed by atoms with Gasteiger partial charge < -0.3 is 40.7 Å². The van der Waals surface area contributed by atoms with Gasteiger partial charge in [0.05, 0.1) is 28.1 Å². The van der Waals surface area contributed by atoms with E-state index in [0.717, 1.165) is 0 Å². The minimum absolute atomic E-state index is 0.0553. The van der Waals surface area contributed by atoms with E-state index in [1.165, 1.54) is 23.1 Å². The van der Waals surface area contributed by atoms with Crippen LogP contribution in [0.25, 0.3) is 22.1 Å². The fourth-order valence-corrected chi connectivity index (χ4v) is 4.99. The van der Waals surface area contributed by atoms with Crippen molar-refractivity contribution in [2.45, 2.75) is 50.8 Å². The number of rotatable bonds is 11. The maximum absolute atomic E-state index is 12.2. The molecule has 2 heterocycles. The van der Waals surface area contributed by atoms with Gasteiger partial charge in [-0.25, -0.2) is 28.3 Å². The minimum Gasteiger partial charge on any atom is -0.491 e. The van der Waals surface area contributed by atoms with Crippen molar-refractivity contribution in [3.05, 3.63) is 48.0 Å². The van der Waals surface area contributed by atoms with Crippen LogP contribution in [-0.2, 0) is 27.8 Å². The standard InChI is InChI=1S/C28H37N9O6S/c1-28(2,3)43-27(39)35(4)10-7-13-42-22-15-17(24(29)38)14-20-23(22)37(26(31)34-20)12-6-5-11-36-21-9-8-18(44(32,40)41)16-19(21)33-25(36)30/h5-6,8-9,14-16H,7,10-13H2,1-4H3,(H2,29,38)(H2,30,33)(H2,31,34)(H2,32,40,41)/b6-5+. The molecule has 8 N–H and O–H groups in total. The Bertz CT molecular complexity index is 1850. The molecule has 4 rings (SSSR count). The van der Waals surface area contributed by atoms with Crippen LogP contribution in [0.2, 0.25) is 0 Å². The fraction of sp³-hybridized carbons (Fsp3) is 0.357. The molecule has 2 amide bonds. The first-order valence-electron chi connectivity index (χ1n) is 13.6. The summed E-state index contributed by atoms with van der Waals surface area (Å²) >= 11 is 0. The number of aromatic nitrogens is 4. The first-order chi connectivity index (χ1) is 20.5. The molecule has 2 aromatic carbocycles. The Hall–Kier alpha value is -4.83. The zero-order valence-corrected chi connectivity index (χ0v) is 25.8. The quantitative estimate of drug-likeness (QED) is 0.140. The van der Waals surface area contributed by atoms with E-state index in [1.807, 2.05) is 12.2 Å². The summed E-state index contributed by atoms with van der Waals surface area (Å²) in [7, 11) is -2.24. The SMILES string of the molecule is CN(CCCOc1cc(C(N)=O)cc2nc(N)n(C/C=C/Cn3c(N)nc4cc(S(N)(=O)=O)ccc43)c12)C(=O)OC(C)(C)C. The van der Waals surface area contributed by atoms with Crippen molar-refractivity contribution in [3.63, 3.8) is 0 Å². The highest BCUT2D eigenvalue weighted by atomic mass is 32.2. The fourth-order valence-electron chi connectivity index (χ4n) is 4.46. The van der Waals surface area contributed by atoms with Gasteiger partial charge in [0.1, 0.15) is 16.9 Å². The van der Waals surface area contributed by atoms with Crippen molar-refractivity contribution in [2.24, 2.45) is 10.9 Å². The number of primary sulfonamides is 1. The third-order valence-corrected chi connectivity index (χ3v) is 7.45. The number of sulfonamides is 1. The first kappa shape index (κ1) is 32.1. The number of amides is 2. The first-order valence-corrected chi connectivity index (χ1v) is 15.2. The van der Waals surface area contributed by atoms with Gasteiger partial charge in [0, 0.05) is 32.2 Å². The molecule has 0 aliphatic rings. The highest BCUT2D eigenvalue weighted by molar-refractivity contribution is 7.89. The van der Waals surface area contributed by atoms with E-state index >= 15 is 0 Å². The van der Waals surface area contributed by atoms with Crippen LogP contribution in [-0.4, -0.2) is 70.2 Å². The topological polar surface area (TPSA) is 230 Å². The smallest absolute Gasteiger partial charge is 0.410 e. The number of carbonyl (C=O) groups excluding carboxylic acids is 2. The van der Waals surface area contributed by atoms with Gasteiger partial charge in [-0.05, 0) is 57.5 Å². The number of allylic oxidation sites excluding steroid dienone is 2. The van der Waals surface area contributed by atoms with Gasteiger partial charge in [-0.15, -0.1) is 0 Å². The van der Waals surface area contributed by atoms with Crippen LogP contribution >= 0.6 is 0 Å². The lowest BCUT2D eigenvalue weighted by Gasteiger charge is -2.24. The van der Waals surface area contributed by atoms with Crippen molar-refractivity contribution in [2.75, 3.05) is 31.7 Å². The molecule has 4 aromatic rings. The normalized spacial score (nSPS) is 12.3. The molecule has 236 valence electrons. The van der Waals surface area contributed by atoms with Gasteiger partial charge in [-0.3, -0.25) is 4.79 Å². The summed E-state index contributed by atoms with van der Waals surface area (Å²) in [5.41, 5.74) is 19.5. The zero-order chi connectivity index (χ0) is 32.4. The van der Waals surface area contributed by atoms with Crippen molar-refractivity contribution in [1.29, 1.82) is 0 Å². The number of benzene rings is 2. The van der Waals surface area contributed by atoms with Crippen LogP contribution in [0.3, 0.4) is 0 Å². The lowest BCUT2D eigenvalue weighted by atomic mass is 10.1. The van der Waals surface area contributed by atoms with E-state index in [2.05, 4.69) is 9.97 Å². The van der Waals surface area contributed by atoms with E-state index in [1.54, 1.807) is 49.1 Å². The number of nitrogen functional groups attached to an aromatic ring is 2. The number of imidazole rings is 2. The molecule has 0 bridgehead atoms. The number of carbonyl (C=O) groups is 2. The molecule has 0 saturated carbocycles. The Morgan fingerprint density at radius 3 is 2.27 bits per heavy atom. The molecule has 15 nitrogen and oxygen atoms in total. The summed E-state index contributed by atoms with van der Waals surface area (Å²) in [6.07, 6.45) is 3.75. The second kappa shape index (κ2) is 12.4. The Morgan fingerprint density at radius 1 is 1.00 bits per heavy atom. The van der Waals surface area contributed by atoms with Gasteiger partial charge in [0.15, 0.2) is 0 Å². The zero-order valence-electron chi connectivity index (χ0n) is 25.0. The van der Waals surface area contributed by atoms with Gasteiger partial charge >= 0.3 is 6.09 Å². The Morgan fingerprint density at radius 2 is 1.64 bits per heavy atom. The lowest BCUT2D eigenvalue weighted by molar-refractivity contribution is 0.0292. The average Bonchev–Trinajstić information content (AvgIpc) is 3.41. The molecule has 2 aromatic heterocycles. The highest BCUT2D eigenvalue weighted by Crippen LogP contribution is 2.30. The van der Waals surface area contributed by atoms with Gasteiger partial charge in [0.25, 0.3) is 0 Å². The predicted octanol–water partition coefficient (Wildman–Crippen LogP) is 2.19. The highest BCUT2D eigenvalue weighted by Gasteiger charge is 2.20. The van der Waals surface area contributed by atoms with Crippen molar-refractivity contribution in [1.82, 2.24) is 24.0 Å². The van der Waals surface area contributed by atoms with Crippen LogP contribution in [0.15, 0.2) is 47.4 Å². The van der Waals surface area contributed by atoms with Crippen molar-refractivity contribution < 1.29 is 27.5 Å². The number of hydrogen-bond acceptors (Lipinski definition) is 10. The molecule has 44 heavy (non-hydrogen) atoms. The Kier molecular flexibility index (Phi) is 9.06. The number of nitrogens with two attached hydrogens (primary N) is 4. The number of nitrogens with zero attached hydrogens (tertiary/aromatic N) is 5. The largest absolute Gasteiger partial charge is 0.491 e. The molecule has 0 unspecified atom stereocenters. The van der Waals surface area contributed by atoms with Crippen LogP contribution < -0.4 is 27.1 Å². The molecular formula is C28H37N9O6S. The van der Waals surface area contributed by atoms with Crippen LogP contribution in [0.1, 0.15) is 37.6 Å². The summed E-state index contributed by atoms with van der Waals surface area (Å²) in [6.45, 7) is 6.64. The number of ether oxygens (including phenoxy) is 2. The third-order valence-electron chi connectivity index (χ3n) is 6.54. The van der Waals surface area contributed by atoms with Gasteiger partial charge in [-0.1, -0.05) is 12.2 Å². The lowest BCUT2D eigenvalue weighted by Crippen LogP contribution is -2.35. The Labute approximate surface area is 254 Å². The number of hydrogen-bond donors (Lipinski definition) is 4. The molecule has 0 spiro atoms. The monoisotopic (exact) mass is 627 g/mol. The number of anilines is 2. The van der Waals surface area contributed by atoms with E-state index < -0.39 is 27.6 Å². The Balaban J connectivity index is 1.51. The van der Waals surface area contributed by atoms with Crippen LogP contribution in [0, 0.1) is 0 Å². The third kappa shape index (κ3) is 7.38. The summed E-state index contributed by atoms with van der Waals surface area (Å²) in [4.78, 5) is 34.3. The summed E-state index contributed by atoms with van der Waals surface area (Å²) in [5, 5.41) is 5.22. The molecular weight excluding hydrogens is 590 g/mol. The average molecular weight is 628 g/mol. The number of primary amides is 1. The second-order valence-corrected chi connectivity index (χ2v) is 12.7. The molecule has 0 aliphatic heterocycles. The minimum atomic E-state index is -3.88. The molecule has 16 heteroatoms. The van der Waals surface area contributed by atoms with E-state index in [0.29, 0.717) is 53.9 Å². The number of fused-ring (bicyclic) bond motifs is 2. The van der Waals surface area contributed by atoms with E-state index in [-0.39, 0.29) is 29.0 Å². The van der Waals surface area contributed by atoms with E-state index in [4.69, 9.17) is 31.8 Å². The van der Waals surface area contributed by atoms with Crippen molar-refractivity contribution >= 4 is 56.0 Å². The molecule has 0 aliphatic carbocycles. The van der Waals surface area contributed by atoms with Gasteiger partial charge in [0.2, 0.25) is 27.8 Å². The van der Waals surface area contributed by atoms with Gasteiger partial charge in [-0.2, -0.15) is 0 Å². The summed E-state index contributed by atoms with van der Waals surface area (Å²) in [5.74, 6) is 0.125. The van der Waals surface area contributed by atoms with Crippen LogP contribution in [0.4, 0.5) is 16.7 Å². The molecule has 0 atom stereocenters. The molecule has 0 radical (unpaired) electrons. The summed E-state index contributed by atoms with van der Waals surface area (Å²) in [6, 6.07) is 7.45. The maximum Gasteiger partial charge on any atom is 0.410 e. The second-order valence-electron chi connectivity index (χ2n) is 11.1. The summed E-state index contributed by atoms with van der Waals surface area (Å²) < 4.78 is 38.2. The van der Waals surface area contributed by atoms with Crippen LogP contribution in [0.5, 0.6) is 5.75 Å². The van der Waals surface area contributed by atoms with E-state index in [9.17, 15) is 18.0 Å².